The fourth-order valence-electron chi connectivity index (χ4n) is 1.65. The molecule has 0 fully saturated rings. The largest absolute Gasteiger partial charge is 0.449 e. The molecule has 2 unspecified atom stereocenters. The summed E-state index contributed by atoms with van der Waals surface area (Å²) in [6.45, 7) is 6.57. The molecule has 0 aliphatic rings. The van der Waals surface area contributed by atoms with E-state index in [9.17, 15) is 14.9 Å². The highest BCUT2D eigenvalue weighted by atomic mass is 35.5. The van der Waals surface area contributed by atoms with Gasteiger partial charge in [0.1, 0.15) is 5.54 Å². The van der Waals surface area contributed by atoms with E-state index in [1.165, 1.54) is 19.1 Å². The number of carbonyl (C=O) groups excluding carboxylic acids is 2. The van der Waals surface area contributed by atoms with Crippen LogP contribution in [0.5, 0.6) is 0 Å². The molecule has 0 heterocycles. The Morgan fingerprint density at radius 2 is 1.75 bits per heavy atom. The number of nitrogens with zero attached hydrogens (tertiary/aromatic N) is 1. The van der Waals surface area contributed by atoms with Gasteiger partial charge >= 0.3 is 5.97 Å². The summed E-state index contributed by atoms with van der Waals surface area (Å²) in [5, 5.41) is 11.9. The minimum absolute atomic E-state index is 0.0502. The molecule has 2 atom stereocenters. The van der Waals surface area contributed by atoms with Crippen LogP contribution in [0.4, 0.5) is 0 Å². The van der Waals surface area contributed by atoms with Gasteiger partial charge in [-0.1, -0.05) is 48.7 Å². The van der Waals surface area contributed by atoms with Crippen LogP contribution in [-0.4, -0.2) is 23.5 Å². The topological polar surface area (TPSA) is 79.2 Å². The first kappa shape index (κ1) is 20.6. The molecule has 0 saturated heterocycles. The zero-order valence-corrected chi connectivity index (χ0v) is 15.9. The Hall–Kier alpha value is -1.48. The first-order valence-corrected chi connectivity index (χ1v) is 8.24. The van der Waals surface area contributed by atoms with Crippen LogP contribution in [0, 0.1) is 17.2 Å². The quantitative estimate of drug-likeness (QED) is 0.601. The third-order valence-corrected chi connectivity index (χ3v) is 4.79. The number of carbonyl (C=O) groups is 2. The standard InChI is InChI=1S/C16H17Cl3N2O3/c1-8(2)16(4,7-20)21-14(22)9(3)24-15(23)12-10(17)5-6-11(18)13(12)19/h5-6,8-9H,1-4H3,(H,21,22). The first-order chi connectivity index (χ1) is 11.0. The average Bonchev–Trinajstić information content (AvgIpc) is 2.50. The van der Waals surface area contributed by atoms with Crippen LogP contribution in [0.25, 0.3) is 0 Å². The van der Waals surface area contributed by atoms with Crippen LogP contribution in [0.1, 0.15) is 38.1 Å². The second-order valence-electron chi connectivity index (χ2n) is 5.72. The molecule has 0 radical (unpaired) electrons. The Balaban J connectivity index is 2.91. The number of hydrogen-bond acceptors (Lipinski definition) is 4. The molecule has 1 aromatic carbocycles. The highest BCUT2D eigenvalue weighted by molar-refractivity contribution is 6.46. The van der Waals surface area contributed by atoms with Gasteiger partial charge in [0.25, 0.3) is 5.91 Å². The lowest BCUT2D eigenvalue weighted by molar-refractivity contribution is -0.130. The second kappa shape index (κ2) is 8.06. The van der Waals surface area contributed by atoms with Gasteiger partial charge in [0.05, 0.1) is 26.7 Å². The molecule has 0 bridgehead atoms. The fourth-order valence-corrected chi connectivity index (χ4v) is 2.33. The summed E-state index contributed by atoms with van der Waals surface area (Å²) in [4.78, 5) is 24.4. The smallest absolute Gasteiger partial charge is 0.342 e. The van der Waals surface area contributed by atoms with E-state index in [4.69, 9.17) is 39.5 Å². The van der Waals surface area contributed by atoms with Crippen molar-refractivity contribution >= 4 is 46.7 Å². The Morgan fingerprint density at radius 1 is 1.21 bits per heavy atom. The summed E-state index contributed by atoms with van der Waals surface area (Å²) in [5.74, 6) is -1.61. The fraction of sp³-hybridized carbons (Fsp3) is 0.438. The van der Waals surface area contributed by atoms with Crippen molar-refractivity contribution in [2.75, 3.05) is 0 Å². The molecule has 0 spiro atoms. The number of rotatable bonds is 5. The maximum absolute atomic E-state index is 12.2. The molecule has 24 heavy (non-hydrogen) atoms. The molecule has 0 saturated carbocycles. The lowest BCUT2D eigenvalue weighted by Crippen LogP contribution is -2.52. The van der Waals surface area contributed by atoms with Crippen LogP contribution >= 0.6 is 34.8 Å². The minimum Gasteiger partial charge on any atom is -0.449 e. The molecule has 1 N–H and O–H groups in total. The van der Waals surface area contributed by atoms with Crippen molar-refractivity contribution in [2.45, 2.75) is 39.3 Å². The average molecular weight is 392 g/mol. The van der Waals surface area contributed by atoms with E-state index in [1.54, 1.807) is 20.8 Å². The van der Waals surface area contributed by atoms with Crippen molar-refractivity contribution in [1.82, 2.24) is 5.32 Å². The zero-order valence-electron chi connectivity index (χ0n) is 13.6. The van der Waals surface area contributed by atoms with Gasteiger partial charge in [-0.25, -0.2) is 4.79 Å². The first-order valence-electron chi connectivity index (χ1n) is 7.11. The summed E-state index contributed by atoms with van der Waals surface area (Å²) in [6, 6.07) is 4.89. The van der Waals surface area contributed by atoms with Gasteiger partial charge in [0, 0.05) is 0 Å². The van der Waals surface area contributed by atoms with Crippen LogP contribution < -0.4 is 5.32 Å². The Morgan fingerprint density at radius 3 is 2.25 bits per heavy atom. The number of nitrogens with one attached hydrogen (secondary N) is 1. The third kappa shape index (κ3) is 4.54. The van der Waals surface area contributed by atoms with E-state index in [0.29, 0.717) is 0 Å². The number of amides is 1. The van der Waals surface area contributed by atoms with Crippen LogP contribution in [-0.2, 0) is 9.53 Å². The molecule has 8 heteroatoms. The Labute approximate surface area is 155 Å². The molecular formula is C16H17Cl3N2O3. The van der Waals surface area contributed by atoms with E-state index < -0.39 is 23.5 Å². The molecule has 1 amide bonds. The van der Waals surface area contributed by atoms with Crippen LogP contribution in [0.15, 0.2) is 12.1 Å². The van der Waals surface area contributed by atoms with Crippen molar-refractivity contribution in [3.8, 4) is 6.07 Å². The Bertz CT molecular complexity index is 701. The van der Waals surface area contributed by atoms with E-state index in [-0.39, 0.29) is 26.5 Å². The van der Waals surface area contributed by atoms with Gasteiger partial charge in [0.2, 0.25) is 0 Å². The van der Waals surface area contributed by atoms with E-state index in [2.05, 4.69) is 5.32 Å². The summed E-state index contributed by atoms with van der Waals surface area (Å²) in [6.07, 6.45) is -1.14. The number of nitriles is 1. The molecule has 5 nitrogen and oxygen atoms in total. The number of benzene rings is 1. The van der Waals surface area contributed by atoms with Crippen LogP contribution in [0.2, 0.25) is 15.1 Å². The van der Waals surface area contributed by atoms with Gasteiger partial charge in [-0.2, -0.15) is 5.26 Å². The molecule has 1 aromatic rings. The van der Waals surface area contributed by atoms with Crippen molar-refractivity contribution in [1.29, 1.82) is 5.26 Å². The molecule has 1 rings (SSSR count). The van der Waals surface area contributed by atoms with Crippen molar-refractivity contribution < 1.29 is 14.3 Å². The van der Waals surface area contributed by atoms with Gasteiger partial charge in [0.15, 0.2) is 6.10 Å². The monoisotopic (exact) mass is 390 g/mol. The van der Waals surface area contributed by atoms with E-state index >= 15 is 0 Å². The maximum atomic E-state index is 12.2. The molecule has 0 aromatic heterocycles. The van der Waals surface area contributed by atoms with Gasteiger partial charge in [-0.3, -0.25) is 4.79 Å². The van der Waals surface area contributed by atoms with Crippen LogP contribution in [0.3, 0.4) is 0 Å². The third-order valence-electron chi connectivity index (χ3n) is 3.67. The lowest BCUT2D eigenvalue weighted by atomic mass is 9.90. The summed E-state index contributed by atoms with van der Waals surface area (Å²) in [7, 11) is 0. The van der Waals surface area contributed by atoms with Gasteiger partial charge in [-0.15, -0.1) is 0 Å². The molecule has 130 valence electrons. The summed E-state index contributed by atoms with van der Waals surface area (Å²) < 4.78 is 5.10. The molecule has 0 aliphatic heterocycles. The molecule has 0 aliphatic carbocycles. The lowest BCUT2D eigenvalue weighted by Gasteiger charge is -2.28. The SMILES string of the molecule is CC(OC(=O)c1c(Cl)ccc(Cl)c1Cl)C(=O)NC(C)(C#N)C(C)C. The zero-order chi connectivity index (χ0) is 18.7. The van der Waals surface area contributed by atoms with Gasteiger partial charge < -0.3 is 10.1 Å². The number of ether oxygens (including phenoxy) is 1. The number of halogens is 3. The maximum Gasteiger partial charge on any atom is 0.342 e. The van der Waals surface area contributed by atoms with Crippen molar-refractivity contribution in [3.63, 3.8) is 0 Å². The Kier molecular flexibility index (Phi) is 6.91. The number of hydrogen-bond donors (Lipinski definition) is 1. The highest BCUT2D eigenvalue weighted by Gasteiger charge is 2.33. The molecular weight excluding hydrogens is 375 g/mol. The number of esters is 1. The van der Waals surface area contributed by atoms with Gasteiger partial charge in [-0.05, 0) is 31.9 Å². The van der Waals surface area contributed by atoms with E-state index in [0.717, 1.165) is 0 Å². The van der Waals surface area contributed by atoms with Crippen molar-refractivity contribution in [2.24, 2.45) is 5.92 Å². The van der Waals surface area contributed by atoms with E-state index in [1.807, 2.05) is 6.07 Å². The minimum atomic E-state index is -1.14. The highest BCUT2D eigenvalue weighted by Crippen LogP contribution is 2.32. The normalized spacial score (nSPS) is 14.5. The summed E-state index contributed by atoms with van der Waals surface area (Å²) in [5.41, 5.74) is -1.19. The predicted molar refractivity (Wildman–Crippen MR) is 93.3 cm³/mol. The summed E-state index contributed by atoms with van der Waals surface area (Å²) >= 11 is 17.8. The second-order valence-corrected chi connectivity index (χ2v) is 6.92. The van der Waals surface area contributed by atoms with Crippen molar-refractivity contribution in [3.05, 3.63) is 32.8 Å². The predicted octanol–water partition coefficient (Wildman–Crippen LogP) is 4.25.